The van der Waals surface area contributed by atoms with Crippen LogP contribution in [0.4, 0.5) is 5.69 Å². The molecule has 1 aliphatic heterocycles. The van der Waals surface area contributed by atoms with E-state index in [4.69, 9.17) is 15.2 Å². The fourth-order valence-corrected chi connectivity index (χ4v) is 2.62. The number of nitrogens with two attached hydrogens (primary N) is 1. The summed E-state index contributed by atoms with van der Waals surface area (Å²) in [5, 5.41) is 0. The van der Waals surface area contributed by atoms with E-state index in [1.807, 2.05) is 18.2 Å². The third kappa shape index (κ3) is 3.39. The first-order valence-electron chi connectivity index (χ1n) is 6.92. The average Bonchev–Trinajstić information content (AvgIpc) is 2.39. The lowest BCUT2D eigenvalue weighted by molar-refractivity contribution is -0.0593. The zero-order chi connectivity index (χ0) is 13.8. The predicted octanol–water partition coefficient (Wildman–Crippen LogP) is 2.28. The van der Waals surface area contributed by atoms with Crippen molar-refractivity contribution in [3.63, 3.8) is 0 Å². The molecule has 0 radical (unpaired) electrons. The molecule has 0 amide bonds. The number of hydrogen-bond donors (Lipinski definition) is 1. The van der Waals surface area contributed by atoms with Gasteiger partial charge in [-0.05, 0) is 31.5 Å². The summed E-state index contributed by atoms with van der Waals surface area (Å²) < 4.78 is 11.2. The maximum Gasteiger partial charge on any atom is 0.123 e. The van der Waals surface area contributed by atoms with Gasteiger partial charge in [0.2, 0.25) is 0 Å². The molecule has 1 saturated heterocycles. The van der Waals surface area contributed by atoms with Gasteiger partial charge in [0.15, 0.2) is 0 Å². The van der Waals surface area contributed by atoms with Crippen molar-refractivity contribution in [3.8, 4) is 5.75 Å². The Morgan fingerprint density at radius 2 is 2.26 bits per heavy atom. The maximum absolute atomic E-state index is 5.88. The highest BCUT2D eigenvalue weighted by molar-refractivity contribution is 5.47. The number of hydrogen-bond acceptors (Lipinski definition) is 4. The summed E-state index contributed by atoms with van der Waals surface area (Å²) in [4.78, 5) is 2.46. The second-order valence-electron chi connectivity index (χ2n) is 5.21. The van der Waals surface area contributed by atoms with Crippen molar-refractivity contribution in [1.29, 1.82) is 0 Å². The zero-order valence-corrected chi connectivity index (χ0v) is 12.1. The van der Waals surface area contributed by atoms with Crippen LogP contribution in [0.3, 0.4) is 0 Å². The van der Waals surface area contributed by atoms with E-state index >= 15 is 0 Å². The first kappa shape index (κ1) is 14.2. The lowest BCUT2D eigenvalue weighted by Crippen LogP contribution is -2.47. The van der Waals surface area contributed by atoms with Gasteiger partial charge in [-0.3, -0.25) is 4.90 Å². The van der Waals surface area contributed by atoms with Gasteiger partial charge in [-0.2, -0.15) is 0 Å². The monoisotopic (exact) mass is 264 g/mol. The van der Waals surface area contributed by atoms with Gasteiger partial charge in [-0.25, -0.2) is 0 Å². The molecule has 1 aromatic rings. The second kappa shape index (κ2) is 6.26. The van der Waals surface area contributed by atoms with E-state index in [0.717, 1.165) is 43.1 Å². The Morgan fingerprint density at radius 1 is 1.47 bits per heavy atom. The molecule has 1 aromatic carbocycles. The van der Waals surface area contributed by atoms with E-state index in [9.17, 15) is 0 Å². The summed E-state index contributed by atoms with van der Waals surface area (Å²) in [7, 11) is 1.70. The predicted molar refractivity (Wildman–Crippen MR) is 77.3 cm³/mol. The van der Waals surface area contributed by atoms with E-state index in [1.165, 1.54) is 0 Å². The van der Waals surface area contributed by atoms with Gasteiger partial charge >= 0.3 is 0 Å². The number of methoxy groups -OCH3 is 1. The van der Waals surface area contributed by atoms with E-state index < -0.39 is 0 Å². The van der Waals surface area contributed by atoms with Crippen LogP contribution in [0.25, 0.3) is 0 Å². The highest BCUT2D eigenvalue weighted by atomic mass is 16.5. The topological polar surface area (TPSA) is 47.7 Å². The highest BCUT2D eigenvalue weighted by Crippen LogP contribution is 2.25. The number of nitrogens with zero attached hydrogens (tertiary/aromatic N) is 1. The van der Waals surface area contributed by atoms with Gasteiger partial charge in [-0.15, -0.1) is 0 Å². The minimum absolute atomic E-state index is 0.287. The quantitative estimate of drug-likeness (QED) is 0.848. The standard InChI is InChI=1S/C15H24N2O2/c1-4-14-10-19-11(2)8-17(14)9-12-7-13(16)5-6-15(12)18-3/h5-7,11,14H,4,8-10,16H2,1-3H3. The fourth-order valence-electron chi connectivity index (χ4n) is 2.62. The van der Waals surface area contributed by atoms with Crippen molar-refractivity contribution >= 4 is 5.69 Å². The molecule has 2 atom stereocenters. The Hall–Kier alpha value is -1.26. The average molecular weight is 264 g/mol. The molecule has 1 aliphatic rings. The van der Waals surface area contributed by atoms with Crippen LogP contribution in [0, 0.1) is 0 Å². The molecule has 19 heavy (non-hydrogen) atoms. The molecule has 1 heterocycles. The van der Waals surface area contributed by atoms with E-state index in [2.05, 4.69) is 18.7 Å². The van der Waals surface area contributed by atoms with Crippen molar-refractivity contribution in [1.82, 2.24) is 4.90 Å². The van der Waals surface area contributed by atoms with Crippen molar-refractivity contribution in [2.75, 3.05) is 26.0 Å². The molecule has 0 saturated carbocycles. The number of nitrogen functional groups attached to an aromatic ring is 1. The van der Waals surface area contributed by atoms with Crippen LogP contribution in [0.15, 0.2) is 18.2 Å². The summed E-state index contributed by atoms with van der Waals surface area (Å²) in [5.41, 5.74) is 7.81. The van der Waals surface area contributed by atoms with Crippen molar-refractivity contribution in [2.24, 2.45) is 0 Å². The number of rotatable bonds is 4. The Labute approximate surface area is 115 Å². The Balaban J connectivity index is 2.16. The van der Waals surface area contributed by atoms with E-state index in [0.29, 0.717) is 6.04 Å². The summed E-state index contributed by atoms with van der Waals surface area (Å²) in [5.74, 6) is 0.906. The van der Waals surface area contributed by atoms with Crippen LogP contribution in [0.1, 0.15) is 25.8 Å². The lowest BCUT2D eigenvalue weighted by Gasteiger charge is -2.38. The maximum atomic E-state index is 5.88. The zero-order valence-electron chi connectivity index (χ0n) is 12.1. The molecule has 4 nitrogen and oxygen atoms in total. The molecule has 0 aromatic heterocycles. The molecule has 2 rings (SSSR count). The van der Waals surface area contributed by atoms with Crippen LogP contribution in [-0.4, -0.2) is 37.3 Å². The first-order chi connectivity index (χ1) is 9.13. The lowest BCUT2D eigenvalue weighted by atomic mass is 10.1. The van der Waals surface area contributed by atoms with Crippen LogP contribution in [0.2, 0.25) is 0 Å². The summed E-state index contributed by atoms with van der Waals surface area (Å²) in [6, 6.07) is 6.30. The normalized spacial score (nSPS) is 24.4. The molecule has 0 bridgehead atoms. The van der Waals surface area contributed by atoms with Gasteiger partial charge in [0.25, 0.3) is 0 Å². The highest BCUT2D eigenvalue weighted by Gasteiger charge is 2.26. The molecule has 0 spiro atoms. The molecular weight excluding hydrogens is 240 g/mol. The fraction of sp³-hybridized carbons (Fsp3) is 0.600. The van der Waals surface area contributed by atoms with Gasteiger partial charge in [0.05, 0.1) is 19.8 Å². The Kier molecular flexibility index (Phi) is 4.66. The molecule has 2 unspecified atom stereocenters. The second-order valence-corrected chi connectivity index (χ2v) is 5.21. The summed E-state index contributed by atoms with van der Waals surface area (Å²) in [6.45, 7) is 6.95. The molecular formula is C15H24N2O2. The minimum atomic E-state index is 0.287. The number of anilines is 1. The van der Waals surface area contributed by atoms with Crippen LogP contribution >= 0.6 is 0 Å². The van der Waals surface area contributed by atoms with Crippen LogP contribution in [-0.2, 0) is 11.3 Å². The molecule has 2 N–H and O–H groups in total. The van der Waals surface area contributed by atoms with Gasteiger partial charge < -0.3 is 15.2 Å². The van der Waals surface area contributed by atoms with Crippen molar-refractivity contribution in [3.05, 3.63) is 23.8 Å². The van der Waals surface area contributed by atoms with Gasteiger partial charge in [0, 0.05) is 30.4 Å². The third-order valence-corrected chi connectivity index (χ3v) is 3.73. The number of ether oxygens (including phenoxy) is 2. The summed E-state index contributed by atoms with van der Waals surface area (Å²) >= 11 is 0. The molecule has 0 aliphatic carbocycles. The molecule has 1 fully saturated rings. The van der Waals surface area contributed by atoms with Crippen molar-refractivity contribution in [2.45, 2.75) is 39.0 Å². The Bertz CT molecular complexity index is 423. The molecule has 106 valence electrons. The number of morpholine rings is 1. The minimum Gasteiger partial charge on any atom is -0.496 e. The van der Waals surface area contributed by atoms with E-state index in [-0.39, 0.29) is 6.10 Å². The van der Waals surface area contributed by atoms with Crippen LogP contribution < -0.4 is 10.5 Å². The number of benzene rings is 1. The smallest absolute Gasteiger partial charge is 0.123 e. The van der Waals surface area contributed by atoms with Crippen molar-refractivity contribution < 1.29 is 9.47 Å². The molecule has 4 heteroatoms. The third-order valence-electron chi connectivity index (χ3n) is 3.73. The van der Waals surface area contributed by atoms with Crippen LogP contribution in [0.5, 0.6) is 5.75 Å². The first-order valence-corrected chi connectivity index (χ1v) is 6.92. The largest absolute Gasteiger partial charge is 0.496 e. The van der Waals surface area contributed by atoms with E-state index in [1.54, 1.807) is 7.11 Å². The van der Waals surface area contributed by atoms with Gasteiger partial charge in [0.1, 0.15) is 5.75 Å². The SMILES string of the molecule is CCC1COC(C)CN1Cc1cc(N)ccc1OC. The Morgan fingerprint density at radius 3 is 2.95 bits per heavy atom. The summed E-state index contributed by atoms with van der Waals surface area (Å²) in [6.07, 6.45) is 1.38. The van der Waals surface area contributed by atoms with Gasteiger partial charge in [-0.1, -0.05) is 6.92 Å².